The zero-order chi connectivity index (χ0) is 15.6. The highest BCUT2D eigenvalue weighted by molar-refractivity contribution is 7.07. The Bertz CT molecular complexity index is 927. The molecule has 0 saturated carbocycles. The predicted octanol–water partition coefficient (Wildman–Crippen LogP) is 4.80. The molecule has 0 aliphatic heterocycles. The van der Waals surface area contributed by atoms with Gasteiger partial charge in [-0.3, -0.25) is 0 Å². The summed E-state index contributed by atoms with van der Waals surface area (Å²) in [4.78, 5) is 0. The van der Waals surface area contributed by atoms with Gasteiger partial charge in [0.15, 0.2) is 5.58 Å². The third-order valence-corrected chi connectivity index (χ3v) is 4.76. The van der Waals surface area contributed by atoms with Crippen LogP contribution in [0, 0.1) is 0 Å². The predicted molar refractivity (Wildman–Crippen MR) is 94.4 cm³/mol. The fourth-order valence-corrected chi connectivity index (χ4v) is 3.57. The Hall–Kier alpha value is -2.43. The van der Waals surface area contributed by atoms with E-state index >= 15 is 0 Å². The van der Waals surface area contributed by atoms with Gasteiger partial charge in [0.25, 0.3) is 0 Å². The lowest BCUT2D eigenvalue weighted by atomic mass is 9.94. The van der Waals surface area contributed by atoms with E-state index in [1.807, 2.05) is 36.4 Å². The minimum Gasteiger partial charge on any atom is -0.356 e. The van der Waals surface area contributed by atoms with E-state index in [9.17, 15) is 0 Å². The second-order valence-electron chi connectivity index (χ2n) is 5.56. The molecule has 0 spiro atoms. The van der Waals surface area contributed by atoms with Crippen LogP contribution >= 0.6 is 11.3 Å². The summed E-state index contributed by atoms with van der Waals surface area (Å²) in [5, 5.41) is 9.52. The first-order chi connectivity index (χ1) is 11.3. The average Bonchev–Trinajstić information content (AvgIpc) is 3.24. The monoisotopic (exact) mass is 320 g/mol. The number of nitrogens with zero attached hydrogens (tertiary/aromatic N) is 1. The minimum absolute atomic E-state index is 0.0729. The lowest BCUT2D eigenvalue weighted by Crippen LogP contribution is -2.14. The zero-order valence-corrected chi connectivity index (χ0v) is 13.3. The van der Waals surface area contributed by atoms with Gasteiger partial charge in [-0.25, -0.2) is 0 Å². The van der Waals surface area contributed by atoms with Crippen LogP contribution in [-0.2, 0) is 6.42 Å². The number of thiophene rings is 1. The van der Waals surface area contributed by atoms with E-state index in [-0.39, 0.29) is 6.04 Å². The van der Waals surface area contributed by atoms with Crippen LogP contribution < -0.4 is 5.73 Å². The van der Waals surface area contributed by atoms with Crippen molar-refractivity contribution in [2.45, 2.75) is 12.5 Å². The minimum atomic E-state index is -0.0729. The Morgan fingerprint density at radius 3 is 2.74 bits per heavy atom. The van der Waals surface area contributed by atoms with Crippen molar-refractivity contribution < 1.29 is 4.52 Å². The van der Waals surface area contributed by atoms with Crippen molar-refractivity contribution in [2.24, 2.45) is 5.73 Å². The average molecular weight is 320 g/mol. The Balaban J connectivity index is 1.78. The van der Waals surface area contributed by atoms with Crippen LogP contribution in [0.15, 0.2) is 69.9 Å². The highest BCUT2D eigenvalue weighted by Crippen LogP contribution is 2.33. The van der Waals surface area contributed by atoms with Crippen molar-refractivity contribution in [1.29, 1.82) is 0 Å². The Labute approximate surface area is 138 Å². The first-order valence-corrected chi connectivity index (χ1v) is 8.47. The molecular formula is C19H16N2OS. The van der Waals surface area contributed by atoms with Crippen molar-refractivity contribution in [3.63, 3.8) is 0 Å². The maximum atomic E-state index is 6.48. The third-order valence-electron chi connectivity index (χ3n) is 4.03. The van der Waals surface area contributed by atoms with Gasteiger partial charge in [0, 0.05) is 17.0 Å². The van der Waals surface area contributed by atoms with Gasteiger partial charge in [0.1, 0.15) is 5.69 Å². The fraction of sp³-hybridized carbons (Fsp3) is 0.105. The molecule has 0 bridgehead atoms. The van der Waals surface area contributed by atoms with Crippen LogP contribution in [0.1, 0.15) is 17.2 Å². The highest BCUT2D eigenvalue weighted by atomic mass is 32.1. The lowest BCUT2D eigenvalue weighted by Gasteiger charge is -2.15. The highest BCUT2D eigenvalue weighted by Gasteiger charge is 2.17. The number of nitrogens with two attached hydrogens (primary N) is 1. The summed E-state index contributed by atoms with van der Waals surface area (Å²) < 4.78 is 5.45. The summed E-state index contributed by atoms with van der Waals surface area (Å²) in [6, 6.07) is 18.1. The Kier molecular flexibility index (Phi) is 3.69. The standard InChI is InChI=1S/C19H16N2OS/c20-17(11-13-9-10-23-12-13)14-5-1-2-6-15(14)19-16-7-3-4-8-18(16)22-21-19/h1-10,12,17H,11,20H2. The van der Waals surface area contributed by atoms with Gasteiger partial charge >= 0.3 is 0 Å². The number of hydrogen-bond acceptors (Lipinski definition) is 4. The first-order valence-electron chi connectivity index (χ1n) is 7.53. The van der Waals surface area contributed by atoms with Crippen molar-refractivity contribution in [1.82, 2.24) is 5.16 Å². The second kappa shape index (κ2) is 5.99. The van der Waals surface area contributed by atoms with Gasteiger partial charge in [0.05, 0.1) is 0 Å². The summed E-state index contributed by atoms with van der Waals surface area (Å²) >= 11 is 1.70. The van der Waals surface area contributed by atoms with Gasteiger partial charge < -0.3 is 10.3 Å². The summed E-state index contributed by atoms with van der Waals surface area (Å²) in [5.74, 6) is 0. The van der Waals surface area contributed by atoms with Crippen molar-refractivity contribution in [3.8, 4) is 11.3 Å². The molecule has 4 rings (SSSR count). The summed E-state index contributed by atoms with van der Waals surface area (Å²) in [6.07, 6.45) is 0.816. The molecule has 0 aliphatic rings. The van der Waals surface area contributed by atoms with Gasteiger partial charge in [-0.15, -0.1) is 0 Å². The van der Waals surface area contributed by atoms with Crippen LogP contribution in [0.2, 0.25) is 0 Å². The molecule has 3 nitrogen and oxygen atoms in total. The van der Waals surface area contributed by atoms with Crippen molar-refractivity contribution in [2.75, 3.05) is 0 Å². The second-order valence-corrected chi connectivity index (χ2v) is 6.34. The number of rotatable bonds is 4. The molecular weight excluding hydrogens is 304 g/mol. The molecule has 114 valence electrons. The molecule has 2 heterocycles. The van der Waals surface area contributed by atoms with E-state index in [0.717, 1.165) is 34.2 Å². The molecule has 0 saturated heterocycles. The SMILES string of the molecule is NC(Cc1ccsc1)c1ccccc1-c1noc2ccccc12. The van der Waals surface area contributed by atoms with Crippen LogP contribution in [0.3, 0.4) is 0 Å². The fourth-order valence-electron chi connectivity index (χ4n) is 2.89. The Morgan fingerprint density at radius 2 is 1.87 bits per heavy atom. The quantitative estimate of drug-likeness (QED) is 0.587. The summed E-state index contributed by atoms with van der Waals surface area (Å²) in [7, 11) is 0. The largest absolute Gasteiger partial charge is 0.356 e. The summed E-state index contributed by atoms with van der Waals surface area (Å²) in [6.45, 7) is 0. The third kappa shape index (κ3) is 2.67. The van der Waals surface area contributed by atoms with E-state index in [2.05, 4.69) is 34.1 Å². The number of benzene rings is 2. The maximum Gasteiger partial charge on any atom is 0.167 e. The number of hydrogen-bond donors (Lipinski definition) is 1. The maximum absolute atomic E-state index is 6.48. The molecule has 4 heteroatoms. The molecule has 0 aliphatic carbocycles. The molecule has 2 aromatic carbocycles. The molecule has 4 aromatic rings. The van der Waals surface area contributed by atoms with E-state index in [1.54, 1.807) is 11.3 Å². The molecule has 0 fully saturated rings. The van der Waals surface area contributed by atoms with Crippen molar-refractivity contribution in [3.05, 3.63) is 76.5 Å². The zero-order valence-electron chi connectivity index (χ0n) is 12.5. The molecule has 0 radical (unpaired) electrons. The van der Waals surface area contributed by atoms with Crippen molar-refractivity contribution >= 4 is 22.3 Å². The number of aromatic nitrogens is 1. The molecule has 2 N–H and O–H groups in total. The van der Waals surface area contributed by atoms with E-state index in [1.165, 1.54) is 5.56 Å². The van der Waals surface area contributed by atoms with E-state index in [0.29, 0.717) is 0 Å². The topological polar surface area (TPSA) is 52.0 Å². The van der Waals surface area contributed by atoms with Gasteiger partial charge in [-0.1, -0.05) is 41.6 Å². The smallest absolute Gasteiger partial charge is 0.167 e. The van der Waals surface area contributed by atoms with E-state index < -0.39 is 0 Å². The molecule has 2 aromatic heterocycles. The van der Waals surface area contributed by atoms with Crippen LogP contribution in [0.4, 0.5) is 0 Å². The van der Waals surface area contributed by atoms with Crippen LogP contribution in [0.25, 0.3) is 22.2 Å². The molecule has 1 unspecified atom stereocenters. The molecule has 23 heavy (non-hydrogen) atoms. The molecule has 0 amide bonds. The Morgan fingerprint density at radius 1 is 1.04 bits per heavy atom. The molecule has 1 atom stereocenters. The normalized spacial score (nSPS) is 12.6. The van der Waals surface area contributed by atoms with Crippen LogP contribution in [-0.4, -0.2) is 5.16 Å². The summed E-state index contributed by atoms with van der Waals surface area (Å²) in [5.41, 5.74) is 11.5. The van der Waals surface area contributed by atoms with Crippen LogP contribution in [0.5, 0.6) is 0 Å². The number of para-hydroxylation sites is 1. The van der Waals surface area contributed by atoms with Gasteiger partial charge in [0.2, 0.25) is 0 Å². The van der Waals surface area contributed by atoms with E-state index in [4.69, 9.17) is 10.3 Å². The van der Waals surface area contributed by atoms with Gasteiger partial charge in [-0.2, -0.15) is 11.3 Å². The van der Waals surface area contributed by atoms with Gasteiger partial charge in [-0.05, 0) is 46.5 Å². The first kappa shape index (κ1) is 14.2. The number of fused-ring (bicyclic) bond motifs is 1. The lowest BCUT2D eigenvalue weighted by molar-refractivity contribution is 0.459.